The van der Waals surface area contributed by atoms with Gasteiger partial charge in [-0.05, 0) is 0 Å². The van der Waals surface area contributed by atoms with Gasteiger partial charge in [0.05, 0.1) is 0 Å². The summed E-state index contributed by atoms with van der Waals surface area (Å²) in [4.78, 5) is 9.97. The first kappa shape index (κ1) is 13.0. The first-order valence-corrected chi connectivity index (χ1v) is 3.05. The molecule has 0 spiro atoms. The molecule has 0 aromatic carbocycles. The van der Waals surface area contributed by atoms with Crippen LogP contribution in [0, 0.1) is 23.0 Å². The fourth-order valence-electron chi connectivity index (χ4n) is 0.119. The molecule has 0 fully saturated rings. The Morgan fingerprint density at radius 3 is 1.80 bits per heavy atom. The van der Waals surface area contributed by atoms with Crippen molar-refractivity contribution in [1.29, 1.82) is 10.5 Å². The second-order valence-corrected chi connectivity index (χ2v) is 2.07. The molecule has 48 valence electrons. The first-order chi connectivity index (χ1) is 4.12. The summed E-state index contributed by atoms with van der Waals surface area (Å²) in [5.41, 5.74) is 0. The van der Waals surface area contributed by atoms with Crippen molar-refractivity contribution < 1.29 is 69.9 Å². The van der Waals surface area contributed by atoms with Crippen LogP contribution in [0.25, 0.3) is 0 Å². The standard InChI is InChI=1S/C2HN2O4P.K/c3-1-7-9(5,6)8-2-4;/h(H,5,6);/q;+1/p-1. The number of phosphoric ester groups is 1. The Morgan fingerprint density at radius 1 is 1.30 bits per heavy atom. The maximum Gasteiger partial charge on any atom is 1.00 e. The molecule has 6 nitrogen and oxygen atoms in total. The summed E-state index contributed by atoms with van der Waals surface area (Å²) < 4.78 is 16.6. The van der Waals surface area contributed by atoms with Crippen LogP contribution >= 0.6 is 7.82 Å². The summed E-state index contributed by atoms with van der Waals surface area (Å²) in [6.45, 7) is 0. The van der Waals surface area contributed by atoms with Gasteiger partial charge >= 0.3 is 59.2 Å². The second-order valence-electron chi connectivity index (χ2n) is 0.812. The van der Waals surface area contributed by atoms with Crippen LogP contribution in [0.3, 0.4) is 0 Å². The van der Waals surface area contributed by atoms with E-state index in [2.05, 4.69) is 9.05 Å². The van der Waals surface area contributed by atoms with Crippen LogP contribution in [0.15, 0.2) is 0 Å². The zero-order chi connectivity index (χ0) is 7.33. The minimum absolute atomic E-state index is 0. The molecule has 0 rings (SSSR count). The van der Waals surface area contributed by atoms with Crippen LogP contribution in [-0.4, -0.2) is 0 Å². The van der Waals surface area contributed by atoms with Gasteiger partial charge in [-0.3, -0.25) is 0 Å². The van der Waals surface area contributed by atoms with E-state index in [0.29, 0.717) is 0 Å². The van der Waals surface area contributed by atoms with E-state index >= 15 is 0 Å². The van der Waals surface area contributed by atoms with Crippen molar-refractivity contribution in [2.75, 3.05) is 0 Å². The Kier molecular flexibility index (Phi) is 8.00. The molecular weight excluding hydrogens is 186 g/mol. The third-order valence-electron chi connectivity index (χ3n) is 0.305. The molecule has 0 unspecified atom stereocenters. The molecule has 0 radical (unpaired) electrons. The molecule has 0 aromatic rings. The summed E-state index contributed by atoms with van der Waals surface area (Å²) in [5, 5.41) is 15.2. The van der Waals surface area contributed by atoms with E-state index in [1.54, 1.807) is 0 Å². The first-order valence-electron chi connectivity index (χ1n) is 1.59. The number of hydrogen-bond acceptors (Lipinski definition) is 6. The molecule has 0 aliphatic rings. The molecule has 0 N–H and O–H groups in total. The Balaban J connectivity index is 0. The smallest absolute Gasteiger partial charge is 0.735 e. The van der Waals surface area contributed by atoms with Gasteiger partial charge in [0.15, 0.2) is 0 Å². The quantitative estimate of drug-likeness (QED) is 0.251. The maximum atomic E-state index is 9.97. The van der Waals surface area contributed by atoms with E-state index in [4.69, 9.17) is 10.5 Å². The van der Waals surface area contributed by atoms with E-state index in [1.165, 1.54) is 0 Å². The Bertz CT molecular complexity index is 196. The zero-order valence-corrected chi connectivity index (χ0v) is 8.99. The SMILES string of the molecule is N#COP(=O)([O-])OC#N.[K+]. The van der Waals surface area contributed by atoms with E-state index in [1.807, 2.05) is 0 Å². The van der Waals surface area contributed by atoms with Gasteiger partial charge < -0.3 is 13.9 Å². The Hall–Kier alpha value is 0.406. The van der Waals surface area contributed by atoms with Crippen LogP contribution in [0.1, 0.15) is 0 Å². The van der Waals surface area contributed by atoms with Crippen molar-refractivity contribution in [3.05, 3.63) is 0 Å². The third kappa shape index (κ3) is 6.53. The zero-order valence-electron chi connectivity index (χ0n) is 4.97. The van der Waals surface area contributed by atoms with Crippen molar-refractivity contribution in [3.8, 4) is 12.5 Å². The number of rotatable bonds is 2. The number of nitrogens with zero attached hydrogens (tertiary/aromatic N) is 2. The van der Waals surface area contributed by atoms with E-state index in [-0.39, 0.29) is 51.4 Å². The minimum atomic E-state index is -4.66. The van der Waals surface area contributed by atoms with Crippen LogP contribution in [0.5, 0.6) is 0 Å². The summed E-state index contributed by atoms with van der Waals surface area (Å²) in [6, 6.07) is 0. The monoisotopic (exact) mass is 186 g/mol. The average Bonchev–Trinajstić information content (AvgIpc) is 1.64. The average molecular weight is 186 g/mol. The van der Waals surface area contributed by atoms with Crippen molar-refractivity contribution >= 4 is 7.82 Å². The molecule has 0 aromatic heterocycles. The van der Waals surface area contributed by atoms with Crippen molar-refractivity contribution in [1.82, 2.24) is 0 Å². The van der Waals surface area contributed by atoms with Crippen LogP contribution in [0.4, 0.5) is 0 Å². The van der Waals surface area contributed by atoms with Crippen molar-refractivity contribution in [2.45, 2.75) is 0 Å². The van der Waals surface area contributed by atoms with Gasteiger partial charge in [0.25, 0.3) is 12.5 Å². The maximum absolute atomic E-state index is 9.97. The van der Waals surface area contributed by atoms with Gasteiger partial charge in [-0.15, -0.1) is 10.5 Å². The molecule has 0 heterocycles. The largest absolute Gasteiger partial charge is 1.00 e. The van der Waals surface area contributed by atoms with Gasteiger partial charge in [-0.1, -0.05) is 0 Å². The molecule has 0 saturated heterocycles. The fourth-order valence-corrected chi connectivity index (χ4v) is 0.356. The fraction of sp³-hybridized carbons (Fsp3) is 0. The Morgan fingerprint density at radius 2 is 1.60 bits per heavy atom. The summed E-state index contributed by atoms with van der Waals surface area (Å²) in [6.07, 6.45) is 1.68. The summed E-state index contributed by atoms with van der Waals surface area (Å²) in [7, 11) is -4.66. The molecule has 0 atom stereocenters. The van der Waals surface area contributed by atoms with Gasteiger partial charge in [-0.2, -0.15) is 0 Å². The van der Waals surface area contributed by atoms with E-state index in [0.717, 1.165) is 12.5 Å². The van der Waals surface area contributed by atoms with Gasteiger partial charge in [-0.25, -0.2) is 4.57 Å². The predicted octanol–water partition coefficient (Wildman–Crippen LogP) is -3.55. The Labute approximate surface area is 99.4 Å². The number of phosphoric acid groups is 1. The minimum Gasteiger partial charge on any atom is -0.735 e. The number of nitriles is 2. The molecule has 0 saturated carbocycles. The molecule has 8 heteroatoms. The van der Waals surface area contributed by atoms with E-state index in [9.17, 15) is 9.46 Å². The molecule has 0 amide bonds. The van der Waals surface area contributed by atoms with Crippen molar-refractivity contribution in [3.63, 3.8) is 0 Å². The molecule has 0 aliphatic carbocycles. The third-order valence-corrected chi connectivity index (χ3v) is 0.916. The van der Waals surface area contributed by atoms with Crippen LogP contribution < -0.4 is 56.3 Å². The molecule has 0 aliphatic heterocycles. The summed E-state index contributed by atoms with van der Waals surface area (Å²) in [5.74, 6) is 0. The molecular formula is C2KN2O4P. The molecule has 10 heavy (non-hydrogen) atoms. The summed E-state index contributed by atoms with van der Waals surface area (Å²) >= 11 is 0. The van der Waals surface area contributed by atoms with Gasteiger partial charge in [0.2, 0.25) is 0 Å². The van der Waals surface area contributed by atoms with Gasteiger partial charge in [0, 0.05) is 0 Å². The number of hydrogen-bond donors (Lipinski definition) is 0. The second kappa shape index (κ2) is 6.14. The van der Waals surface area contributed by atoms with Gasteiger partial charge in [0.1, 0.15) is 0 Å². The van der Waals surface area contributed by atoms with E-state index < -0.39 is 7.82 Å². The topological polar surface area (TPSA) is 106 Å². The molecule has 0 bridgehead atoms. The van der Waals surface area contributed by atoms with Crippen molar-refractivity contribution in [2.24, 2.45) is 0 Å². The predicted molar refractivity (Wildman–Crippen MR) is 21.0 cm³/mol. The normalized spacial score (nSPS) is 7.90. The van der Waals surface area contributed by atoms with Crippen LogP contribution in [-0.2, 0) is 13.6 Å². The van der Waals surface area contributed by atoms with Crippen LogP contribution in [0.2, 0.25) is 0 Å².